The third-order valence-corrected chi connectivity index (χ3v) is 3.68. The van der Waals surface area contributed by atoms with Gasteiger partial charge in [0.15, 0.2) is 5.82 Å². The van der Waals surface area contributed by atoms with Gasteiger partial charge in [0.2, 0.25) is 11.0 Å². The van der Waals surface area contributed by atoms with Crippen molar-refractivity contribution in [3.63, 3.8) is 0 Å². The maximum absolute atomic E-state index is 5.55. The average Bonchev–Trinajstić information content (AvgIpc) is 3.10. The van der Waals surface area contributed by atoms with Crippen molar-refractivity contribution in [3.8, 4) is 0 Å². The second-order valence-corrected chi connectivity index (χ2v) is 5.38. The molecule has 1 aliphatic heterocycles. The Morgan fingerprint density at radius 3 is 3.11 bits per heavy atom. The Balaban J connectivity index is 1.52. The maximum Gasteiger partial charge on any atom is 0.237 e. The van der Waals surface area contributed by atoms with Crippen LogP contribution in [0.1, 0.15) is 30.4 Å². The molecule has 2 aromatic heterocycles. The van der Waals surface area contributed by atoms with E-state index in [4.69, 9.17) is 9.26 Å². The van der Waals surface area contributed by atoms with Crippen molar-refractivity contribution in [2.75, 3.05) is 6.61 Å². The molecule has 0 bridgehead atoms. The number of aromatic nitrogens is 5. The highest BCUT2D eigenvalue weighted by Crippen LogP contribution is 2.19. The molecule has 0 spiro atoms. The number of aryl methyl sites for hydroxylation is 1. The molecule has 1 saturated heterocycles. The molecule has 3 rings (SSSR count). The normalized spacial score (nSPS) is 19.1. The summed E-state index contributed by atoms with van der Waals surface area (Å²) >= 11 is 1.47. The van der Waals surface area contributed by atoms with Crippen LogP contribution >= 0.6 is 11.8 Å². The van der Waals surface area contributed by atoms with Crippen molar-refractivity contribution < 1.29 is 9.26 Å². The van der Waals surface area contributed by atoms with Crippen LogP contribution in [-0.2, 0) is 16.9 Å². The van der Waals surface area contributed by atoms with Gasteiger partial charge in [0.25, 0.3) is 0 Å². The lowest BCUT2D eigenvalue weighted by molar-refractivity contribution is 0.109. The van der Waals surface area contributed by atoms with Gasteiger partial charge in [0, 0.05) is 13.0 Å². The van der Waals surface area contributed by atoms with Gasteiger partial charge < -0.3 is 9.26 Å². The van der Waals surface area contributed by atoms with E-state index in [0.29, 0.717) is 22.6 Å². The Morgan fingerprint density at radius 2 is 2.37 bits per heavy atom. The van der Waals surface area contributed by atoms with Gasteiger partial charge in [-0.25, -0.2) is 4.98 Å². The molecule has 0 radical (unpaired) electrons. The van der Waals surface area contributed by atoms with Crippen molar-refractivity contribution in [1.29, 1.82) is 0 Å². The highest BCUT2D eigenvalue weighted by Gasteiger charge is 2.19. The summed E-state index contributed by atoms with van der Waals surface area (Å²) in [4.78, 5) is 8.55. The van der Waals surface area contributed by atoms with Crippen molar-refractivity contribution in [2.24, 2.45) is 0 Å². The van der Waals surface area contributed by atoms with Crippen molar-refractivity contribution in [1.82, 2.24) is 25.3 Å². The fourth-order valence-corrected chi connectivity index (χ4v) is 2.64. The van der Waals surface area contributed by atoms with Crippen LogP contribution in [0.2, 0.25) is 0 Å². The smallest absolute Gasteiger partial charge is 0.237 e. The third-order valence-electron chi connectivity index (χ3n) is 2.85. The van der Waals surface area contributed by atoms with E-state index < -0.39 is 0 Å². The van der Waals surface area contributed by atoms with Crippen molar-refractivity contribution in [3.05, 3.63) is 17.5 Å². The zero-order chi connectivity index (χ0) is 13.1. The number of nitrogens with zero attached hydrogens (tertiary/aromatic N) is 4. The van der Waals surface area contributed by atoms with E-state index in [2.05, 4.69) is 25.3 Å². The molecule has 2 aromatic rings. The molecule has 0 unspecified atom stereocenters. The molecule has 1 aliphatic rings. The number of rotatable bonds is 5. The summed E-state index contributed by atoms with van der Waals surface area (Å²) in [5.74, 6) is 2.69. The number of thioether (sulfide) groups is 1. The van der Waals surface area contributed by atoms with Gasteiger partial charge in [-0.05, 0) is 19.8 Å². The number of nitrogens with one attached hydrogen (secondary N) is 1. The van der Waals surface area contributed by atoms with E-state index in [1.54, 1.807) is 0 Å². The van der Waals surface area contributed by atoms with E-state index in [-0.39, 0.29) is 6.10 Å². The van der Waals surface area contributed by atoms with E-state index >= 15 is 0 Å². The second-order valence-electron chi connectivity index (χ2n) is 4.44. The molecule has 3 heterocycles. The average molecular weight is 281 g/mol. The Labute approximate surface area is 114 Å². The quantitative estimate of drug-likeness (QED) is 0.831. The molecular formula is C11H15N5O2S. The number of hydrogen-bond donors (Lipinski definition) is 1. The van der Waals surface area contributed by atoms with E-state index in [0.717, 1.165) is 31.7 Å². The Bertz CT molecular complexity index is 535. The minimum absolute atomic E-state index is 0.244. The summed E-state index contributed by atoms with van der Waals surface area (Å²) in [5, 5.41) is 11.5. The minimum Gasteiger partial charge on any atom is -0.378 e. The fourth-order valence-electron chi connectivity index (χ4n) is 1.95. The van der Waals surface area contributed by atoms with E-state index in [9.17, 15) is 0 Å². The molecule has 1 fully saturated rings. The molecule has 7 nitrogen and oxygen atoms in total. The van der Waals surface area contributed by atoms with Crippen LogP contribution < -0.4 is 0 Å². The Hall–Kier alpha value is -1.41. The van der Waals surface area contributed by atoms with E-state index in [1.807, 2.05) is 6.92 Å². The van der Waals surface area contributed by atoms with Gasteiger partial charge in [-0.1, -0.05) is 16.9 Å². The molecule has 1 atom stereocenters. The lowest BCUT2D eigenvalue weighted by atomic mass is 10.2. The number of hydrogen-bond acceptors (Lipinski definition) is 7. The minimum atomic E-state index is 0.244. The molecule has 8 heteroatoms. The summed E-state index contributed by atoms with van der Waals surface area (Å²) in [5.41, 5.74) is 0. The zero-order valence-electron chi connectivity index (χ0n) is 10.6. The van der Waals surface area contributed by atoms with Crippen LogP contribution in [0.3, 0.4) is 0 Å². The van der Waals surface area contributed by atoms with Gasteiger partial charge >= 0.3 is 0 Å². The summed E-state index contributed by atoms with van der Waals surface area (Å²) in [6.45, 7) is 2.71. The molecule has 102 valence electrons. The van der Waals surface area contributed by atoms with Crippen LogP contribution in [0.25, 0.3) is 0 Å². The SMILES string of the molecule is Cc1nc(SCc2nc(C[C@H]3CCCO3)no2)n[nH]1. The third kappa shape index (κ3) is 3.32. The van der Waals surface area contributed by atoms with Crippen LogP contribution in [0.4, 0.5) is 0 Å². The summed E-state index contributed by atoms with van der Waals surface area (Å²) < 4.78 is 10.7. The highest BCUT2D eigenvalue weighted by atomic mass is 32.2. The monoisotopic (exact) mass is 281 g/mol. The largest absolute Gasteiger partial charge is 0.378 e. The first-order valence-corrected chi connectivity index (χ1v) is 7.23. The lowest BCUT2D eigenvalue weighted by Gasteiger charge is -2.03. The topological polar surface area (TPSA) is 89.7 Å². The fraction of sp³-hybridized carbons (Fsp3) is 0.636. The lowest BCUT2D eigenvalue weighted by Crippen LogP contribution is -2.09. The Kier molecular flexibility index (Phi) is 3.79. The molecular weight excluding hydrogens is 266 g/mol. The van der Waals surface area contributed by atoms with E-state index in [1.165, 1.54) is 11.8 Å². The van der Waals surface area contributed by atoms with Crippen LogP contribution in [0.15, 0.2) is 9.68 Å². The van der Waals surface area contributed by atoms with Crippen LogP contribution in [0.5, 0.6) is 0 Å². The first kappa shape index (κ1) is 12.6. The predicted octanol–water partition coefficient (Wildman–Crippen LogP) is 1.51. The molecule has 1 N–H and O–H groups in total. The van der Waals surface area contributed by atoms with Gasteiger partial charge in [0.1, 0.15) is 5.82 Å². The predicted molar refractivity (Wildman–Crippen MR) is 67.7 cm³/mol. The van der Waals surface area contributed by atoms with Crippen molar-refractivity contribution in [2.45, 2.75) is 43.2 Å². The van der Waals surface area contributed by atoms with Gasteiger partial charge in [-0.3, -0.25) is 5.10 Å². The summed E-state index contributed by atoms with van der Waals surface area (Å²) in [6.07, 6.45) is 3.17. The molecule has 19 heavy (non-hydrogen) atoms. The van der Waals surface area contributed by atoms with Gasteiger partial charge in [-0.2, -0.15) is 4.98 Å². The standard InChI is InChI=1S/C11H15N5O2S/c1-7-12-11(15-14-7)19-6-10-13-9(16-18-10)5-8-3-2-4-17-8/h8H,2-6H2,1H3,(H,12,14,15)/t8-/m1/s1. The highest BCUT2D eigenvalue weighted by molar-refractivity contribution is 7.98. The summed E-state index contributed by atoms with van der Waals surface area (Å²) in [6, 6.07) is 0. The van der Waals surface area contributed by atoms with Crippen LogP contribution in [0, 0.1) is 6.92 Å². The number of H-pyrrole nitrogens is 1. The second kappa shape index (κ2) is 5.70. The first-order valence-electron chi connectivity index (χ1n) is 6.24. The zero-order valence-corrected chi connectivity index (χ0v) is 11.4. The molecule has 0 saturated carbocycles. The van der Waals surface area contributed by atoms with Crippen molar-refractivity contribution >= 4 is 11.8 Å². The number of aromatic amines is 1. The molecule has 0 aliphatic carbocycles. The maximum atomic E-state index is 5.55. The Morgan fingerprint density at radius 1 is 1.42 bits per heavy atom. The van der Waals surface area contributed by atoms with Gasteiger partial charge in [-0.15, -0.1) is 5.10 Å². The summed E-state index contributed by atoms with van der Waals surface area (Å²) in [7, 11) is 0. The molecule has 0 aromatic carbocycles. The molecule has 0 amide bonds. The van der Waals surface area contributed by atoms with Crippen LogP contribution in [-0.4, -0.2) is 38.0 Å². The van der Waals surface area contributed by atoms with Gasteiger partial charge in [0.05, 0.1) is 11.9 Å². The number of ether oxygens (including phenoxy) is 1. The first-order chi connectivity index (χ1) is 9.29.